The Morgan fingerprint density at radius 1 is 1.33 bits per heavy atom. The number of amides is 2. The Kier molecular flexibility index (Phi) is 4.53. The van der Waals surface area contributed by atoms with E-state index in [2.05, 4.69) is 10.6 Å². The van der Waals surface area contributed by atoms with Crippen molar-refractivity contribution >= 4 is 23.2 Å². The number of anilines is 2. The van der Waals surface area contributed by atoms with E-state index in [1.54, 1.807) is 6.07 Å². The fourth-order valence-electron chi connectivity index (χ4n) is 1.41. The second-order valence-corrected chi connectivity index (χ2v) is 4.24. The lowest BCUT2D eigenvalue weighted by molar-refractivity contribution is -0.119. The molecule has 6 nitrogen and oxygen atoms in total. The summed E-state index contributed by atoms with van der Waals surface area (Å²) in [6, 6.07) is 4.72. The summed E-state index contributed by atoms with van der Waals surface area (Å²) in [5.41, 5.74) is 12.2. The molecule has 0 saturated carbocycles. The van der Waals surface area contributed by atoms with Crippen molar-refractivity contribution < 1.29 is 9.59 Å². The second-order valence-electron chi connectivity index (χ2n) is 4.24. The zero-order valence-electron chi connectivity index (χ0n) is 10.5. The van der Waals surface area contributed by atoms with Gasteiger partial charge in [0.25, 0.3) is 0 Å². The third-order valence-corrected chi connectivity index (χ3v) is 2.23. The molecular formula is C12H18N4O2. The molecule has 1 aromatic carbocycles. The van der Waals surface area contributed by atoms with E-state index in [0.717, 1.165) is 0 Å². The minimum Gasteiger partial charge on any atom is -0.397 e. The van der Waals surface area contributed by atoms with Crippen LogP contribution in [0.15, 0.2) is 18.2 Å². The first-order valence-electron chi connectivity index (χ1n) is 5.62. The summed E-state index contributed by atoms with van der Waals surface area (Å²) >= 11 is 0. The highest BCUT2D eigenvalue weighted by atomic mass is 16.2. The number of hydrogen-bond donors (Lipinski definition) is 4. The highest BCUT2D eigenvalue weighted by Crippen LogP contribution is 2.19. The number of rotatable bonds is 5. The van der Waals surface area contributed by atoms with Crippen LogP contribution in [-0.4, -0.2) is 24.4 Å². The smallest absolute Gasteiger partial charge is 0.248 e. The number of nitrogens with two attached hydrogens (primary N) is 2. The SMILES string of the molecule is CC(C)NC(=O)CNc1cc(C(N)=O)ccc1N. The maximum atomic E-state index is 11.5. The molecule has 0 bridgehead atoms. The largest absolute Gasteiger partial charge is 0.397 e. The molecule has 0 heterocycles. The van der Waals surface area contributed by atoms with Gasteiger partial charge >= 0.3 is 0 Å². The zero-order valence-corrected chi connectivity index (χ0v) is 10.5. The van der Waals surface area contributed by atoms with Crippen molar-refractivity contribution in [3.63, 3.8) is 0 Å². The third kappa shape index (κ3) is 3.97. The summed E-state index contributed by atoms with van der Waals surface area (Å²) in [7, 11) is 0. The van der Waals surface area contributed by atoms with Gasteiger partial charge in [0.15, 0.2) is 0 Å². The Bertz CT molecular complexity index is 457. The molecule has 0 aromatic heterocycles. The Hall–Kier alpha value is -2.24. The van der Waals surface area contributed by atoms with Crippen LogP contribution in [0.4, 0.5) is 11.4 Å². The van der Waals surface area contributed by atoms with Crippen molar-refractivity contribution in [2.24, 2.45) is 5.73 Å². The van der Waals surface area contributed by atoms with E-state index < -0.39 is 5.91 Å². The molecule has 0 unspecified atom stereocenters. The number of benzene rings is 1. The summed E-state index contributed by atoms with van der Waals surface area (Å²) in [6.07, 6.45) is 0. The van der Waals surface area contributed by atoms with Crippen LogP contribution in [0.3, 0.4) is 0 Å². The van der Waals surface area contributed by atoms with Gasteiger partial charge in [-0.1, -0.05) is 0 Å². The van der Waals surface area contributed by atoms with Gasteiger partial charge in [-0.2, -0.15) is 0 Å². The monoisotopic (exact) mass is 250 g/mol. The topological polar surface area (TPSA) is 110 Å². The molecule has 2 amide bonds. The number of carbonyl (C=O) groups excluding carboxylic acids is 2. The number of nitrogen functional groups attached to an aromatic ring is 1. The predicted octanol–water partition coefficient (Wildman–Crippen LogP) is 0.304. The normalized spacial score (nSPS) is 10.2. The summed E-state index contributed by atoms with van der Waals surface area (Å²) in [5.74, 6) is -0.682. The lowest BCUT2D eigenvalue weighted by Gasteiger charge is -2.12. The van der Waals surface area contributed by atoms with Crippen LogP contribution in [-0.2, 0) is 4.79 Å². The molecule has 98 valence electrons. The lowest BCUT2D eigenvalue weighted by atomic mass is 10.1. The zero-order chi connectivity index (χ0) is 13.7. The van der Waals surface area contributed by atoms with Crippen LogP contribution in [0, 0.1) is 0 Å². The van der Waals surface area contributed by atoms with Gasteiger partial charge in [-0.3, -0.25) is 9.59 Å². The maximum Gasteiger partial charge on any atom is 0.248 e. The Labute approximate surface area is 106 Å². The second kappa shape index (κ2) is 5.90. The summed E-state index contributed by atoms with van der Waals surface area (Å²) in [5, 5.41) is 5.60. The van der Waals surface area contributed by atoms with Crippen LogP contribution in [0.1, 0.15) is 24.2 Å². The van der Waals surface area contributed by atoms with Crippen LogP contribution in [0.25, 0.3) is 0 Å². The number of primary amides is 1. The molecule has 0 atom stereocenters. The van der Waals surface area contributed by atoms with Crippen molar-refractivity contribution in [3.05, 3.63) is 23.8 Å². The van der Waals surface area contributed by atoms with Gasteiger partial charge in [0.2, 0.25) is 11.8 Å². The van der Waals surface area contributed by atoms with Crippen molar-refractivity contribution in [3.8, 4) is 0 Å². The summed E-state index contributed by atoms with van der Waals surface area (Å²) in [4.78, 5) is 22.5. The number of hydrogen-bond acceptors (Lipinski definition) is 4. The van der Waals surface area contributed by atoms with Crippen LogP contribution >= 0.6 is 0 Å². The van der Waals surface area contributed by atoms with Gasteiger partial charge in [-0.25, -0.2) is 0 Å². The molecule has 0 aliphatic heterocycles. The average molecular weight is 250 g/mol. The first-order valence-corrected chi connectivity index (χ1v) is 5.62. The van der Waals surface area contributed by atoms with Gasteiger partial charge in [-0.15, -0.1) is 0 Å². The van der Waals surface area contributed by atoms with E-state index in [1.165, 1.54) is 12.1 Å². The molecule has 0 spiro atoms. The molecule has 0 aliphatic rings. The predicted molar refractivity (Wildman–Crippen MR) is 71.1 cm³/mol. The van der Waals surface area contributed by atoms with Crippen molar-refractivity contribution in [1.82, 2.24) is 5.32 Å². The molecule has 0 aliphatic carbocycles. The highest BCUT2D eigenvalue weighted by molar-refractivity contribution is 5.95. The minimum absolute atomic E-state index is 0.0774. The van der Waals surface area contributed by atoms with E-state index in [9.17, 15) is 9.59 Å². The molecule has 6 N–H and O–H groups in total. The van der Waals surface area contributed by atoms with Gasteiger partial charge in [0.05, 0.1) is 17.9 Å². The quantitative estimate of drug-likeness (QED) is 0.563. The molecule has 6 heteroatoms. The lowest BCUT2D eigenvalue weighted by Crippen LogP contribution is -2.35. The van der Waals surface area contributed by atoms with E-state index in [-0.39, 0.29) is 18.5 Å². The molecule has 1 aromatic rings. The van der Waals surface area contributed by atoms with Crippen LogP contribution < -0.4 is 22.1 Å². The Morgan fingerprint density at radius 3 is 2.56 bits per heavy atom. The minimum atomic E-state index is -0.537. The molecule has 0 fully saturated rings. The maximum absolute atomic E-state index is 11.5. The van der Waals surface area contributed by atoms with Crippen LogP contribution in [0.2, 0.25) is 0 Å². The van der Waals surface area contributed by atoms with Crippen molar-refractivity contribution in [2.75, 3.05) is 17.6 Å². The fraction of sp³-hybridized carbons (Fsp3) is 0.333. The summed E-state index contributed by atoms with van der Waals surface area (Å²) in [6.45, 7) is 3.84. The summed E-state index contributed by atoms with van der Waals surface area (Å²) < 4.78 is 0. The average Bonchev–Trinajstić information content (AvgIpc) is 2.26. The first-order chi connectivity index (χ1) is 8.40. The van der Waals surface area contributed by atoms with E-state index in [1.807, 2.05) is 13.8 Å². The third-order valence-electron chi connectivity index (χ3n) is 2.23. The van der Waals surface area contributed by atoms with Crippen molar-refractivity contribution in [1.29, 1.82) is 0 Å². The van der Waals surface area contributed by atoms with E-state index in [0.29, 0.717) is 16.9 Å². The van der Waals surface area contributed by atoms with Gasteiger partial charge in [-0.05, 0) is 32.0 Å². The number of carbonyl (C=O) groups is 2. The highest BCUT2D eigenvalue weighted by Gasteiger charge is 2.07. The molecule has 0 radical (unpaired) electrons. The van der Waals surface area contributed by atoms with Gasteiger partial charge in [0.1, 0.15) is 0 Å². The van der Waals surface area contributed by atoms with E-state index in [4.69, 9.17) is 11.5 Å². The van der Waals surface area contributed by atoms with E-state index >= 15 is 0 Å². The molecule has 0 saturated heterocycles. The number of nitrogens with one attached hydrogen (secondary N) is 2. The van der Waals surface area contributed by atoms with Gasteiger partial charge < -0.3 is 22.1 Å². The fourth-order valence-corrected chi connectivity index (χ4v) is 1.41. The van der Waals surface area contributed by atoms with Gasteiger partial charge in [0, 0.05) is 11.6 Å². The standard InChI is InChI=1S/C12H18N4O2/c1-7(2)16-11(17)6-15-10-5-8(12(14)18)3-4-9(10)13/h3-5,7,15H,6,13H2,1-2H3,(H2,14,18)(H,16,17). The first kappa shape index (κ1) is 13.8. The molecule has 1 rings (SSSR count). The van der Waals surface area contributed by atoms with Crippen LogP contribution in [0.5, 0.6) is 0 Å². The Morgan fingerprint density at radius 2 is 2.00 bits per heavy atom. The molecular weight excluding hydrogens is 232 g/mol. The van der Waals surface area contributed by atoms with Crippen molar-refractivity contribution in [2.45, 2.75) is 19.9 Å². The Balaban J connectivity index is 2.69. The molecule has 18 heavy (non-hydrogen) atoms.